The van der Waals surface area contributed by atoms with Crippen molar-refractivity contribution in [1.29, 1.82) is 0 Å². The van der Waals surface area contributed by atoms with Crippen molar-refractivity contribution < 1.29 is 0 Å². The molecule has 2 rings (SSSR count). The Balaban J connectivity index is 1.98. The summed E-state index contributed by atoms with van der Waals surface area (Å²) in [5.74, 6) is 0.770. The van der Waals surface area contributed by atoms with Crippen LogP contribution in [0, 0.1) is 0 Å². The third kappa shape index (κ3) is 2.10. The standard InChI is InChI=1S/C10H17N3/c1-7(2)11-5-9-6-12-13-10(9)8-3-4-8/h6-8,11H,3-5H2,1-2H3,(H,12,13). The molecule has 0 unspecified atom stereocenters. The molecule has 0 aliphatic heterocycles. The van der Waals surface area contributed by atoms with Crippen LogP contribution >= 0.6 is 0 Å². The number of H-pyrrole nitrogens is 1. The molecule has 3 nitrogen and oxygen atoms in total. The first kappa shape index (κ1) is 8.75. The minimum Gasteiger partial charge on any atom is -0.310 e. The number of aromatic amines is 1. The van der Waals surface area contributed by atoms with Crippen molar-refractivity contribution in [2.45, 2.75) is 45.2 Å². The highest BCUT2D eigenvalue weighted by molar-refractivity contribution is 5.24. The lowest BCUT2D eigenvalue weighted by molar-refractivity contribution is 0.586. The molecule has 0 bridgehead atoms. The maximum Gasteiger partial charge on any atom is 0.0535 e. The van der Waals surface area contributed by atoms with E-state index in [9.17, 15) is 0 Å². The van der Waals surface area contributed by atoms with Crippen LogP contribution in [0.25, 0.3) is 0 Å². The third-order valence-corrected chi connectivity index (χ3v) is 2.44. The van der Waals surface area contributed by atoms with Crippen molar-refractivity contribution >= 4 is 0 Å². The van der Waals surface area contributed by atoms with Crippen LogP contribution in [0.3, 0.4) is 0 Å². The van der Waals surface area contributed by atoms with Gasteiger partial charge in [-0.2, -0.15) is 5.10 Å². The summed E-state index contributed by atoms with van der Waals surface area (Å²) < 4.78 is 0. The molecule has 1 aromatic rings. The zero-order chi connectivity index (χ0) is 9.26. The van der Waals surface area contributed by atoms with E-state index in [1.165, 1.54) is 24.1 Å². The summed E-state index contributed by atoms with van der Waals surface area (Å²) in [4.78, 5) is 0. The highest BCUT2D eigenvalue weighted by Gasteiger charge is 2.27. The molecule has 0 amide bonds. The zero-order valence-corrected chi connectivity index (χ0v) is 8.30. The Morgan fingerprint density at radius 2 is 2.38 bits per heavy atom. The summed E-state index contributed by atoms with van der Waals surface area (Å²) in [6, 6.07) is 0.543. The molecule has 1 heterocycles. The molecule has 72 valence electrons. The lowest BCUT2D eigenvalue weighted by Gasteiger charge is -2.07. The average Bonchev–Trinajstić information content (AvgIpc) is 2.82. The molecule has 2 N–H and O–H groups in total. The van der Waals surface area contributed by atoms with E-state index in [1.54, 1.807) is 0 Å². The smallest absolute Gasteiger partial charge is 0.0535 e. The second-order valence-electron chi connectivity index (χ2n) is 4.12. The molecule has 0 aromatic carbocycles. The van der Waals surface area contributed by atoms with Gasteiger partial charge in [-0.3, -0.25) is 5.10 Å². The number of nitrogens with zero attached hydrogens (tertiary/aromatic N) is 1. The van der Waals surface area contributed by atoms with Gasteiger partial charge in [0.15, 0.2) is 0 Å². The van der Waals surface area contributed by atoms with Gasteiger partial charge < -0.3 is 5.32 Å². The number of rotatable bonds is 4. The Kier molecular flexibility index (Phi) is 2.36. The largest absolute Gasteiger partial charge is 0.310 e. The van der Waals surface area contributed by atoms with E-state index >= 15 is 0 Å². The van der Waals surface area contributed by atoms with Crippen molar-refractivity contribution in [3.63, 3.8) is 0 Å². The van der Waals surface area contributed by atoms with Gasteiger partial charge in [0, 0.05) is 29.8 Å². The fraction of sp³-hybridized carbons (Fsp3) is 0.700. The van der Waals surface area contributed by atoms with Crippen LogP contribution in [-0.2, 0) is 6.54 Å². The first-order valence-corrected chi connectivity index (χ1v) is 5.03. The van der Waals surface area contributed by atoms with Crippen LogP contribution in [0.15, 0.2) is 6.20 Å². The maximum atomic E-state index is 4.10. The van der Waals surface area contributed by atoms with Gasteiger partial charge in [0.05, 0.1) is 6.20 Å². The van der Waals surface area contributed by atoms with E-state index in [0.29, 0.717) is 6.04 Å². The Bertz CT molecular complexity index is 273. The molecule has 3 heteroatoms. The first-order chi connectivity index (χ1) is 6.27. The first-order valence-electron chi connectivity index (χ1n) is 5.03. The molecular formula is C10H17N3. The van der Waals surface area contributed by atoms with Crippen molar-refractivity contribution in [3.05, 3.63) is 17.5 Å². The van der Waals surface area contributed by atoms with Crippen LogP contribution in [-0.4, -0.2) is 16.2 Å². The summed E-state index contributed by atoms with van der Waals surface area (Å²) in [6.07, 6.45) is 4.61. The van der Waals surface area contributed by atoms with Gasteiger partial charge in [-0.25, -0.2) is 0 Å². The highest BCUT2D eigenvalue weighted by Crippen LogP contribution is 2.40. The fourth-order valence-corrected chi connectivity index (χ4v) is 1.50. The Labute approximate surface area is 78.9 Å². The van der Waals surface area contributed by atoms with Crippen LogP contribution in [0.4, 0.5) is 0 Å². The molecule has 13 heavy (non-hydrogen) atoms. The summed E-state index contributed by atoms with van der Waals surface area (Å²) in [7, 11) is 0. The minimum absolute atomic E-state index is 0.543. The van der Waals surface area contributed by atoms with Gasteiger partial charge in [0.2, 0.25) is 0 Å². The predicted octanol–water partition coefficient (Wildman–Crippen LogP) is 1.79. The minimum atomic E-state index is 0.543. The Morgan fingerprint density at radius 1 is 1.62 bits per heavy atom. The molecule has 1 fully saturated rings. The van der Waals surface area contributed by atoms with Crippen LogP contribution in [0.1, 0.15) is 43.9 Å². The summed E-state index contributed by atoms with van der Waals surface area (Å²) in [6.45, 7) is 5.27. The van der Waals surface area contributed by atoms with Crippen LogP contribution in [0.2, 0.25) is 0 Å². The Morgan fingerprint density at radius 3 is 3.00 bits per heavy atom. The summed E-state index contributed by atoms with van der Waals surface area (Å²) >= 11 is 0. The van der Waals surface area contributed by atoms with Crippen molar-refractivity contribution in [3.8, 4) is 0 Å². The third-order valence-electron chi connectivity index (χ3n) is 2.44. The van der Waals surface area contributed by atoms with E-state index in [0.717, 1.165) is 12.5 Å². The van der Waals surface area contributed by atoms with Gasteiger partial charge in [-0.1, -0.05) is 13.8 Å². The van der Waals surface area contributed by atoms with E-state index in [2.05, 4.69) is 29.4 Å². The monoisotopic (exact) mass is 179 g/mol. The predicted molar refractivity (Wildman–Crippen MR) is 52.5 cm³/mol. The second kappa shape index (κ2) is 3.50. The normalized spacial score (nSPS) is 16.8. The molecule has 1 aliphatic carbocycles. The van der Waals surface area contributed by atoms with E-state index in [1.807, 2.05) is 6.20 Å². The van der Waals surface area contributed by atoms with Crippen molar-refractivity contribution in [2.75, 3.05) is 0 Å². The number of nitrogens with one attached hydrogen (secondary N) is 2. The van der Waals surface area contributed by atoms with Gasteiger partial charge in [-0.05, 0) is 12.8 Å². The highest BCUT2D eigenvalue weighted by atomic mass is 15.1. The summed E-state index contributed by atoms with van der Waals surface area (Å²) in [5, 5.41) is 10.6. The average molecular weight is 179 g/mol. The quantitative estimate of drug-likeness (QED) is 0.739. The van der Waals surface area contributed by atoms with Gasteiger partial charge >= 0.3 is 0 Å². The zero-order valence-electron chi connectivity index (χ0n) is 8.30. The molecule has 0 saturated heterocycles. The van der Waals surface area contributed by atoms with Crippen LogP contribution in [0.5, 0.6) is 0 Å². The maximum absolute atomic E-state index is 4.10. The topological polar surface area (TPSA) is 40.7 Å². The molecule has 0 spiro atoms. The fourth-order valence-electron chi connectivity index (χ4n) is 1.50. The lowest BCUT2D eigenvalue weighted by Crippen LogP contribution is -2.22. The Hall–Kier alpha value is -0.830. The van der Waals surface area contributed by atoms with Crippen molar-refractivity contribution in [1.82, 2.24) is 15.5 Å². The number of aromatic nitrogens is 2. The molecule has 0 radical (unpaired) electrons. The van der Waals surface area contributed by atoms with Gasteiger partial charge in [-0.15, -0.1) is 0 Å². The van der Waals surface area contributed by atoms with Gasteiger partial charge in [0.25, 0.3) is 0 Å². The summed E-state index contributed by atoms with van der Waals surface area (Å²) in [5.41, 5.74) is 2.70. The molecule has 0 atom stereocenters. The molecular weight excluding hydrogens is 162 g/mol. The van der Waals surface area contributed by atoms with E-state index < -0.39 is 0 Å². The van der Waals surface area contributed by atoms with E-state index in [4.69, 9.17) is 0 Å². The van der Waals surface area contributed by atoms with Crippen molar-refractivity contribution in [2.24, 2.45) is 0 Å². The second-order valence-corrected chi connectivity index (χ2v) is 4.12. The number of hydrogen-bond acceptors (Lipinski definition) is 2. The SMILES string of the molecule is CC(C)NCc1cn[nH]c1C1CC1. The lowest BCUT2D eigenvalue weighted by atomic mass is 10.2. The number of hydrogen-bond donors (Lipinski definition) is 2. The van der Waals surface area contributed by atoms with E-state index in [-0.39, 0.29) is 0 Å². The molecule has 1 aromatic heterocycles. The molecule has 1 saturated carbocycles. The molecule has 1 aliphatic rings. The van der Waals surface area contributed by atoms with Crippen LogP contribution < -0.4 is 5.32 Å². The van der Waals surface area contributed by atoms with Gasteiger partial charge in [0.1, 0.15) is 0 Å².